The van der Waals surface area contributed by atoms with E-state index in [9.17, 15) is 0 Å². The van der Waals surface area contributed by atoms with Gasteiger partial charge >= 0.3 is 0 Å². The topological polar surface area (TPSA) is 54.2 Å². The van der Waals surface area contributed by atoms with Gasteiger partial charge in [-0.2, -0.15) is 0 Å². The third kappa shape index (κ3) is 2.40. The molecule has 0 unspecified atom stereocenters. The molecule has 3 N–H and O–H groups in total. The first-order chi connectivity index (χ1) is 10.7. The predicted octanol–water partition coefficient (Wildman–Crippen LogP) is 3.54. The Bertz CT molecular complexity index is 818. The number of anilines is 2. The maximum absolute atomic E-state index is 5.93. The fraction of sp³-hybridized carbons (Fsp3) is 0.353. The van der Waals surface area contributed by atoms with Gasteiger partial charge in [-0.15, -0.1) is 11.3 Å². The van der Waals surface area contributed by atoms with Crippen molar-refractivity contribution in [2.24, 2.45) is 0 Å². The van der Waals surface area contributed by atoms with Crippen LogP contribution in [-0.4, -0.2) is 36.1 Å². The standard InChI is InChI=1S/C17H20N4S/c1-21-7-4-12(5-8-21)19-17-14-6-9-22-16(14)13-3-2-11(18)10-15(13)20-17/h2-3,6,9-10,12H,4-5,7-8,18H2,1H3,(H,19,20). The number of fused-ring (bicyclic) bond motifs is 3. The molecular formula is C17H20N4S. The molecule has 0 bridgehead atoms. The van der Waals surface area contributed by atoms with E-state index < -0.39 is 0 Å². The number of hydrogen-bond acceptors (Lipinski definition) is 5. The predicted molar refractivity (Wildman–Crippen MR) is 95.7 cm³/mol. The highest BCUT2D eigenvalue weighted by atomic mass is 32.1. The number of rotatable bonds is 2. The Morgan fingerprint density at radius 3 is 2.86 bits per heavy atom. The Balaban J connectivity index is 1.76. The fourth-order valence-corrected chi connectivity index (χ4v) is 4.11. The Hall–Kier alpha value is -1.85. The second-order valence-electron chi connectivity index (χ2n) is 6.12. The number of thiophene rings is 1. The number of pyridine rings is 1. The number of hydrogen-bond donors (Lipinski definition) is 2. The number of benzene rings is 1. The molecule has 114 valence electrons. The highest BCUT2D eigenvalue weighted by Gasteiger charge is 2.18. The first kappa shape index (κ1) is 13.8. The molecule has 1 aromatic carbocycles. The number of nitrogen functional groups attached to an aromatic ring is 1. The highest BCUT2D eigenvalue weighted by Crippen LogP contribution is 2.34. The summed E-state index contributed by atoms with van der Waals surface area (Å²) < 4.78 is 1.29. The van der Waals surface area contributed by atoms with Crippen LogP contribution in [0.5, 0.6) is 0 Å². The van der Waals surface area contributed by atoms with Crippen LogP contribution in [-0.2, 0) is 0 Å². The molecule has 0 atom stereocenters. The molecule has 4 nitrogen and oxygen atoms in total. The van der Waals surface area contributed by atoms with Gasteiger partial charge in [0, 0.05) is 27.2 Å². The lowest BCUT2D eigenvalue weighted by molar-refractivity contribution is 0.264. The minimum Gasteiger partial charge on any atom is -0.399 e. The summed E-state index contributed by atoms with van der Waals surface area (Å²) in [5.41, 5.74) is 7.67. The maximum Gasteiger partial charge on any atom is 0.135 e. The molecular weight excluding hydrogens is 292 g/mol. The maximum atomic E-state index is 5.93. The third-order valence-electron chi connectivity index (χ3n) is 4.48. The molecule has 0 amide bonds. The lowest BCUT2D eigenvalue weighted by Crippen LogP contribution is -2.36. The average Bonchev–Trinajstić information content (AvgIpc) is 2.99. The summed E-state index contributed by atoms with van der Waals surface area (Å²) in [6.07, 6.45) is 2.33. The third-order valence-corrected chi connectivity index (χ3v) is 5.43. The van der Waals surface area contributed by atoms with Gasteiger partial charge in [0.2, 0.25) is 0 Å². The van der Waals surface area contributed by atoms with Crippen LogP contribution < -0.4 is 11.1 Å². The molecule has 1 saturated heterocycles. The zero-order valence-electron chi connectivity index (χ0n) is 12.7. The Kier molecular flexibility index (Phi) is 3.39. The van der Waals surface area contributed by atoms with Gasteiger partial charge in [0.25, 0.3) is 0 Å². The smallest absolute Gasteiger partial charge is 0.135 e. The first-order valence-corrected chi connectivity index (χ1v) is 8.60. The van der Waals surface area contributed by atoms with Crippen LogP contribution in [0.25, 0.3) is 21.0 Å². The van der Waals surface area contributed by atoms with E-state index in [0.29, 0.717) is 6.04 Å². The Morgan fingerprint density at radius 1 is 1.23 bits per heavy atom. The van der Waals surface area contributed by atoms with Crippen LogP contribution in [0.3, 0.4) is 0 Å². The number of nitrogens with two attached hydrogens (primary N) is 1. The highest BCUT2D eigenvalue weighted by molar-refractivity contribution is 7.18. The largest absolute Gasteiger partial charge is 0.399 e. The van der Waals surface area contributed by atoms with E-state index in [1.165, 1.54) is 28.3 Å². The molecule has 0 saturated carbocycles. The average molecular weight is 312 g/mol. The Morgan fingerprint density at radius 2 is 2.05 bits per heavy atom. The van der Waals surface area contributed by atoms with Gasteiger partial charge in [-0.1, -0.05) is 0 Å². The van der Waals surface area contributed by atoms with Crippen LogP contribution >= 0.6 is 11.3 Å². The van der Waals surface area contributed by atoms with Crippen molar-refractivity contribution in [1.82, 2.24) is 9.88 Å². The summed E-state index contributed by atoms with van der Waals surface area (Å²) in [7, 11) is 2.18. The number of piperidine rings is 1. The van der Waals surface area contributed by atoms with Crippen molar-refractivity contribution in [2.75, 3.05) is 31.2 Å². The van der Waals surface area contributed by atoms with Crippen molar-refractivity contribution in [3.63, 3.8) is 0 Å². The van der Waals surface area contributed by atoms with E-state index >= 15 is 0 Å². The molecule has 3 heterocycles. The lowest BCUT2D eigenvalue weighted by Gasteiger charge is -2.30. The van der Waals surface area contributed by atoms with Crippen LogP contribution in [0, 0.1) is 0 Å². The number of nitrogens with one attached hydrogen (secondary N) is 1. The molecule has 4 rings (SSSR count). The van der Waals surface area contributed by atoms with Gasteiger partial charge in [0.05, 0.1) is 5.52 Å². The summed E-state index contributed by atoms with van der Waals surface area (Å²) in [4.78, 5) is 7.23. The molecule has 0 radical (unpaired) electrons. The van der Waals surface area contributed by atoms with Gasteiger partial charge in [0.15, 0.2) is 0 Å². The van der Waals surface area contributed by atoms with Gasteiger partial charge < -0.3 is 16.0 Å². The van der Waals surface area contributed by atoms with E-state index in [1.807, 2.05) is 12.1 Å². The van der Waals surface area contributed by atoms with Crippen LogP contribution in [0.1, 0.15) is 12.8 Å². The van der Waals surface area contributed by atoms with Gasteiger partial charge in [0.1, 0.15) is 5.82 Å². The summed E-state index contributed by atoms with van der Waals surface area (Å²) >= 11 is 1.77. The molecule has 0 aliphatic carbocycles. The van der Waals surface area contributed by atoms with Crippen LogP contribution in [0.15, 0.2) is 29.6 Å². The number of nitrogens with zero attached hydrogens (tertiary/aromatic N) is 2. The summed E-state index contributed by atoms with van der Waals surface area (Å²) in [5.74, 6) is 1.00. The zero-order chi connectivity index (χ0) is 15.1. The summed E-state index contributed by atoms with van der Waals surface area (Å²) in [6.45, 7) is 2.29. The van der Waals surface area contributed by atoms with Crippen molar-refractivity contribution < 1.29 is 0 Å². The normalized spacial score (nSPS) is 17.3. The molecule has 1 fully saturated rings. The van der Waals surface area contributed by atoms with E-state index in [2.05, 4.69) is 34.8 Å². The van der Waals surface area contributed by atoms with E-state index in [4.69, 9.17) is 10.7 Å². The van der Waals surface area contributed by atoms with Crippen LogP contribution in [0.2, 0.25) is 0 Å². The minimum absolute atomic E-state index is 0.505. The van der Waals surface area contributed by atoms with Gasteiger partial charge in [-0.3, -0.25) is 0 Å². The number of aromatic nitrogens is 1. The second kappa shape index (κ2) is 5.41. The van der Waals surface area contributed by atoms with Gasteiger partial charge in [-0.25, -0.2) is 4.98 Å². The van der Waals surface area contributed by atoms with Gasteiger partial charge in [-0.05, 0) is 62.6 Å². The van der Waals surface area contributed by atoms with Crippen molar-refractivity contribution in [3.05, 3.63) is 29.6 Å². The van der Waals surface area contributed by atoms with E-state index in [1.54, 1.807) is 11.3 Å². The fourth-order valence-electron chi connectivity index (χ4n) is 3.17. The Labute approximate surface area is 133 Å². The lowest BCUT2D eigenvalue weighted by atomic mass is 10.1. The van der Waals surface area contributed by atoms with Crippen molar-refractivity contribution in [3.8, 4) is 0 Å². The molecule has 2 aromatic heterocycles. The summed E-state index contributed by atoms with van der Waals surface area (Å²) in [6, 6.07) is 8.67. The van der Waals surface area contributed by atoms with Crippen molar-refractivity contribution in [2.45, 2.75) is 18.9 Å². The molecule has 1 aliphatic rings. The van der Waals surface area contributed by atoms with E-state index in [0.717, 1.165) is 30.1 Å². The molecule has 0 spiro atoms. The molecule has 5 heteroatoms. The first-order valence-electron chi connectivity index (χ1n) is 7.72. The monoisotopic (exact) mass is 312 g/mol. The second-order valence-corrected chi connectivity index (χ2v) is 7.04. The quantitative estimate of drug-likeness (QED) is 0.711. The van der Waals surface area contributed by atoms with Crippen molar-refractivity contribution >= 4 is 43.8 Å². The molecule has 22 heavy (non-hydrogen) atoms. The zero-order valence-corrected chi connectivity index (χ0v) is 13.5. The summed E-state index contributed by atoms with van der Waals surface area (Å²) in [5, 5.41) is 8.22. The van der Waals surface area contributed by atoms with E-state index in [-0.39, 0.29) is 0 Å². The van der Waals surface area contributed by atoms with Crippen LogP contribution in [0.4, 0.5) is 11.5 Å². The number of likely N-dealkylation sites (tertiary alicyclic amines) is 1. The molecule has 1 aliphatic heterocycles. The SMILES string of the molecule is CN1CCC(Nc2nc3cc(N)ccc3c3sccc23)CC1. The molecule has 3 aromatic rings. The van der Waals surface area contributed by atoms with Crippen molar-refractivity contribution in [1.29, 1.82) is 0 Å². The minimum atomic E-state index is 0.505.